The summed E-state index contributed by atoms with van der Waals surface area (Å²) in [5, 5.41) is 25.0. The van der Waals surface area contributed by atoms with Gasteiger partial charge in [-0.3, -0.25) is 10.1 Å². The molecule has 2 aromatic carbocycles. The lowest BCUT2D eigenvalue weighted by atomic mass is 10.1. The maximum absolute atomic E-state index is 13.7. The third kappa shape index (κ3) is 4.65. The average Bonchev–Trinajstić information content (AvgIpc) is 3.28. The summed E-state index contributed by atoms with van der Waals surface area (Å²) in [7, 11) is 0. The van der Waals surface area contributed by atoms with Crippen LogP contribution in [0.25, 0.3) is 10.9 Å². The number of aromatic amines is 1. The molecule has 4 aromatic rings. The maximum atomic E-state index is 13.7. The van der Waals surface area contributed by atoms with Crippen LogP contribution in [0.3, 0.4) is 0 Å². The quantitative estimate of drug-likeness (QED) is 0.309. The molecule has 10 heteroatoms. The number of aryl methyl sites for hydroxylation is 1. The molecule has 0 saturated carbocycles. The Kier molecular flexibility index (Phi) is 6.63. The molecule has 0 radical (unpaired) electrons. The first-order valence-corrected chi connectivity index (χ1v) is 12.0. The summed E-state index contributed by atoms with van der Waals surface area (Å²) >= 11 is 5.96. The maximum Gasteiger partial charge on any atom is 0.156 e. The minimum absolute atomic E-state index is 0.000367. The standard InChI is InChI=1S/C26H25ClFN7O/c1-15(24-16(2)33-34-26(24)35-7-9-36-10-8-35)31-18-4-6-23-20(11-18)25(17(13-29)14-30-23)32-19-3-5-22(28)21(27)12-19/h3-6,11-12,14-15,31H,7-10H2,1-2H3,(H,30,32)(H,33,34). The van der Waals surface area contributed by atoms with E-state index in [0.717, 1.165) is 46.8 Å². The molecule has 5 rings (SSSR count). The molecule has 184 valence electrons. The zero-order valence-electron chi connectivity index (χ0n) is 19.9. The predicted molar refractivity (Wildman–Crippen MR) is 140 cm³/mol. The fourth-order valence-corrected chi connectivity index (χ4v) is 4.68. The molecule has 1 aliphatic heterocycles. The third-order valence-corrected chi connectivity index (χ3v) is 6.57. The Morgan fingerprint density at radius 1 is 1.19 bits per heavy atom. The minimum Gasteiger partial charge on any atom is -0.378 e. The van der Waals surface area contributed by atoms with Gasteiger partial charge in [0.1, 0.15) is 11.9 Å². The number of nitrogens with one attached hydrogen (secondary N) is 3. The predicted octanol–water partition coefficient (Wildman–Crippen LogP) is 5.68. The fourth-order valence-electron chi connectivity index (χ4n) is 4.50. The van der Waals surface area contributed by atoms with Crippen molar-refractivity contribution in [1.29, 1.82) is 5.26 Å². The number of nitriles is 1. The van der Waals surface area contributed by atoms with Crippen molar-refractivity contribution in [1.82, 2.24) is 15.2 Å². The van der Waals surface area contributed by atoms with Crippen LogP contribution in [-0.4, -0.2) is 41.5 Å². The molecule has 8 nitrogen and oxygen atoms in total. The van der Waals surface area contributed by atoms with Gasteiger partial charge < -0.3 is 20.3 Å². The van der Waals surface area contributed by atoms with Gasteiger partial charge in [0.05, 0.1) is 41.0 Å². The van der Waals surface area contributed by atoms with E-state index < -0.39 is 5.82 Å². The first kappa shape index (κ1) is 23.9. The van der Waals surface area contributed by atoms with E-state index in [-0.39, 0.29) is 11.1 Å². The smallest absolute Gasteiger partial charge is 0.156 e. The highest BCUT2D eigenvalue weighted by molar-refractivity contribution is 6.31. The minimum atomic E-state index is -0.506. The molecule has 0 spiro atoms. The highest BCUT2D eigenvalue weighted by Gasteiger charge is 2.23. The van der Waals surface area contributed by atoms with Crippen molar-refractivity contribution in [2.45, 2.75) is 19.9 Å². The van der Waals surface area contributed by atoms with Crippen molar-refractivity contribution >= 4 is 45.4 Å². The van der Waals surface area contributed by atoms with E-state index in [9.17, 15) is 9.65 Å². The Labute approximate surface area is 213 Å². The van der Waals surface area contributed by atoms with E-state index in [0.29, 0.717) is 30.2 Å². The number of H-pyrrole nitrogens is 1. The van der Waals surface area contributed by atoms with Crippen LogP contribution in [0.5, 0.6) is 0 Å². The van der Waals surface area contributed by atoms with Crippen molar-refractivity contribution in [3.8, 4) is 6.07 Å². The van der Waals surface area contributed by atoms with Gasteiger partial charge in [-0.1, -0.05) is 11.6 Å². The number of hydrogen-bond donors (Lipinski definition) is 3. The highest BCUT2D eigenvalue weighted by Crippen LogP contribution is 2.34. The summed E-state index contributed by atoms with van der Waals surface area (Å²) in [4.78, 5) is 6.67. The first-order valence-electron chi connectivity index (χ1n) is 11.6. The second-order valence-electron chi connectivity index (χ2n) is 8.70. The molecule has 1 aliphatic rings. The topological polar surface area (TPSA) is 102 Å². The molecule has 2 aromatic heterocycles. The molecule has 0 bridgehead atoms. The summed E-state index contributed by atoms with van der Waals surface area (Å²) in [5.74, 6) is 0.425. The largest absolute Gasteiger partial charge is 0.378 e. The van der Waals surface area contributed by atoms with E-state index in [1.165, 1.54) is 18.3 Å². The summed E-state index contributed by atoms with van der Waals surface area (Å²) in [6, 6.07) is 12.3. The van der Waals surface area contributed by atoms with Crippen molar-refractivity contribution in [2.75, 3.05) is 41.8 Å². The van der Waals surface area contributed by atoms with Crippen LogP contribution in [0, 0.1) is 24.1 Å². The summed E-state index contributed by atoms with van der Waals surface area (Å²) < 4.78 is 19.2. The summed E-state index contributed by atoms with van der Waals surface area (Å²) in [6.45, 7) is 7.07. The van der Waals surface area contributed by atoms with Crippen LogP contribution in [0.1, 0.15) is 29.8 Å². The average molecular weight is 506 g/mol. The van der Waals surface area contributed by atoms with Crippen LogP contribution in [-0.2, 0) is 4.74 Å². The van der Waals surface area contributed by atoms with E-state index >= 15 is 0 Å². The number of pyridine rings is 1. The number of halogens is 2. The molecule has 1 atom stereocenters. The van der Waals surface area contributed by atoms with Crippen LogP contribution >= 0.6 is 11.6 Å². The number of anilines is 4. The van der Waals surface area contributed by atoms with E-state index in [2.05, 4.69) is 43.7 Å². The molecule has 36 heavy (non-hydrogen) atoms. The van der Waals surface area contributed by atoms with Crippen molar-refractivity contribution in [3.63, 3.8) is 0 Å². The molecular formula is C26H25ClFN7O. The SMILES string of the molecule is Cc1[nH]nc(N2CCOCC2)c1C(C)Nc1ccc2ncc(C#N)c(Nc3ccc(F)c(Cl)c3)c2c1. The second-order valence-corrected chi connectivity index (χ2v) is 9.10. The lowest BCUT2D eigenvalue weighted by Crippen LogP contribution is -2.37. The zero-order valence-corrected chi connectivity index (χ0v) is 20.7. The molecule has 3 N–H and O–H groups in total. The number of aromatic nitrogens is 3. The second kappa shape index (κ2) is 10.0. The molecule has 3 heterocycles. The van der Waals surface area contributed by atoms with Gasteiger partial charge in [-0.05, 0) is 50.2 Å². The molecule has 1 unspecified atom stereocenters. The van der Waals surface area contributed by atoms with Crippen LogP contribution < -0.4 is 15.5 Å². The summed E-state index contributed by atoms with van der Waals surface area (Å²) in [6.07, 6.45) is 1.52. The van der Waals surface area contributed by atoms with Crippen LogP contribution in [0.15, 0.2) is 42.6 Å². The van der Waals surface area contributed by atoms with Crippen LogP contribution in [0.2, 0.25) is 5.02 Å². The van der Waals surface area contributed by atoms with Gasteiger partial charge in [0.2, 0.25) is 0 Å². The van der Waals surface area contributed by atoms with Crippen LogP contribution in [0.4, 0.5) is 27.3 Å². The normalized spacial score (nSPS) is 14.5. The van der Waals surface area contributed by atoms with E-state index in [1.807, 2.05) is 25.1 Å². The number of fused-ring (bicyclic) bond motifs is 1. The Balaban J connectivity index is 1.48. The van der Waals surface area contributed by atoms with Crippen molar-refractivity contribution in [2.24, 2.45) is 0 Å². The molecule has 1 saturated heterocycles. The van der Waals surface area contributed by atoms with Crippen molar-refractivity contribution < 1.29 is 9.13 Å². The van der Waals surface area contributed by atoms with E-state index in [1.54, 1.807) is 6.07 Å². The Morgan fingerprint density at radius 3 is 2.72 bits per heavy atom. The van der Waals surface area contributed by atoms with Crippen molar-refractivity contribution in [3.05, 3.63) is 70.3 Å². The Morgan fingerprint density at radius 2 is 1.97 bits per heavy atom. The van der Waals surface area contributed by atoms with Gasteiger partial charge >= 0.3 is 0 Å². The lowest BCUT2D eigenvalue weighted by Gasteiger charge is -2.29. The molecule has 0 aliphatic carbocycles. The molecular weight excluding hydrogens is 481 g/mol. The Bertz CT molecular complexity index is 1460. The first-order chi connectivity index (χ1) is 17.4. The van der Waals surface area contributed by atoms with Gasteiger partial charge in [0.15, 0.2) is 5.82 Å². The fraction of sp³-hybridized carbons (Fsp3) is 0.269. The monoisotopic (exact) mass is 505 g/mol. The number of ether oxygens (including phenoxy) is 1. The third-order valence-electron chi connectivity index (χ3n) is 6.28. The van der Waals surface area contributed by atoms with Gasteiger partial charge in [-0.25, -0.2) is 4.39 Å². The van der Waals surface area contributed by atoms with E-state index in [4.69, 9.17) is 16.3 Å². The number of hydrogen-bond acceptors (Lipinski definition) is 7. The molecule has 1 fully saturated rings. The highest BCUT2D eigenvalue weighted by atomic mass is 35.5. The summed E-state index contributed by atoms with van der Waals surface area (Å²) in [5.41, 5.74) is 5.20. The number of morpholine rings is 1. The molecule has 0 amide bonds. The zero-order chi connectivity index (χ0) is 25.2. The van der Waals surface area contributed by atoms with Gasteiger partial charge in [0, 0.05) is 47.3 Å². The van der Waals surface area contributed by atoms with Gasteiger partial charge in [-0.15, -0.1) is 0 Å². The number of benzene rings is 2. The van der Waals surface area contributed by atoms with Gasteiger partial charge in [0.25, 0.3) is 0 Å². The Hall–Kier alpha value is -3.87. The number of nitrogens with zero attached hydrogens (tertiary/aromatic N) is 4. The number of rotatable bonds is 6. The van der Waals surface area contributed by atoms with Gasteiger partial charge in [-0.2, -0.15) is 10.4 Å². The lowest BCUT2D eigenvalue weighted by molar-refractivity contribution is 0.122.